The summed E-state index contributed by atoms with van der Waals surface area (Å²) in [5.41, 5.74) is 2.69. The fourth-order valence-electron chi connectivity index (χ4n) is 1.83. The topological polar surface area (TPSA) is 29.1 Å². The Kier molecular flexibility index (Phi) is 6.58. The van der Waals surface area contributed by atoms with Crippen molar-refractivity contribution in [3.8, 4) is 0 Å². The maximum absolute atomic E-state index is 11.2. The minimum Gasteiger partial charge on any atom is -0.310 e. The van der Waals surface area contributed by atoms with Crippen molar-refractivity contribution in [1.82, 2.24) is 5.32 Å². The Morgan fingerprint density at radius 2 is 1.83 bits per heavy atom. The number of hydrogen-bond donors (Lipinski definition) is 1. The van der Waals surface area contributed by atoms with Crippen LogP contribution >= 0.6 is 0 Å². The van der Waals surface area contributed by atoms with Gasteiger partial charge in [0.05, 0.1) is 0 Å². The van der Waals surface area contributed by atoms with Crippen molar-refractivity contribution in [2.75, 3.05) is 12.8 Å². The van der Waals surface area contributed by atoms with Gasteiger partial charge < -0.3 is 5.32 Å². The molecule has 0 spiro atoms. The van der Waals surface area contributed by atoms with Crippen LogP contribution in [0.3, 0.4) is 0 Å². The normalized spacial score (nSPS) is 16.2. The molecule has 3 unspecified atom stereocenters. The van der Waals surface area contributed by atoms with Crippen LogP contribution in [0.25, 0.3) is 0 Å². The van der Waals surface area contributed by atoms with Crippen molar-refractivity contribution >= 4 is 10.8 Å². The van der Waals surface area contributed by atoms with Crippen LogP contribution in [0.1, 0.15) is 44.4 Å². The zero-order chi connectivity index (χ0) is 13.5. The first-order chi connectivity index (χ1) is 8.54. The van der Waals surface area contributed by atoms with Gasteiger partial charge in [-0.1, -0.05) is 38.1 Å². The van der Waals surface area contributed by atoms with E-state index >= 15 is 0 Å². The summed E-state index contributed by atoms with van der Waals surface area (Å²) in [6.07, 6.45) is 3.82. The highest BCUT2D eigenvalue weighted by Crippen LogP contribution is 2.13. The van der Waals surface area contributed by atoms with Crippen LogP contribution in [0.4, 0.5) is 0 Å². The minimum atomic E-state index is -0.714. The summed E-state index contributed by atoms with van der Waals surface area (Å²) in [5.74, 6) is 0. The molecule has 0 fully saturated rings. The molecule has 0 radical (unpaired) electrons. The summed E-state index contributed by atoms with van der Waals surface area (Å²) >= 11 is 0. The van der Waals surface area contributed by atoms with Gasteiger partial charge in [-0.15, -0.1) is 0 Å². The molecule has 0 saturated heterocycles. The lowest BCUT2D eigenvalue weighted by Crippen LogP contribution is -2.24. The molecule has 0 saturated carbocycles. The van der Waals surface area contributed by atoms with Crippen molar-refractivity contribution < 1.29 is 4.21 Å². The molecule has 0 aliphatic heterocycles. The van der Waals surface area contributed by atoms with Gasteiger partial charge in [0.15, 0.2) is 0 Å². The molecule has 0 amide bonds. The van der Waals surface area contributed by atoms with Gasteiger partial charge in [-0.05, 0) is 37.4 Å². The Balaban J connectivity index is 2.40. The van der Waals surface area contributed by atoms with Crippen LogP contribution < -0.4 is 5.32 Å². The van der Waals surface area contributed by atoms with Crippen LogP contribution in [0.2, 0.25) is 0 Å². The molecule has 3 heteroatoms. The second-order valence-corrected chi connectivity index (χ2v) is 6.67. The molecule has 1 aromatic rings. The average molecular weight is 267 g/mol. The van der Waals surface area contributed by atoms with E-state index in [-0.39, 0.29) is 5.25 Å². The first-order valence-corrected chi connectivity index (χ1v) is 8.31. The molecule has 1 rings (SSSR count). The van der Waals surface area contributed by atoms with Gasteiger partial charge in [-0.2, -0.15) is 0 Å². The molecule has 0 heterocycles. The molecular formula is C15H25NOS. The van der Waals surface area contributed by atoms with Crippen LogP contribution in [0.5, 0.6) is 0 Å². The van der Waals surface area contributed by atoms with Crippen molar-refractivity contribution in [3.05, 3.63) is 35.4 Å². The Bertz CT molecular complexity index is 375. The van der Waals surface area contributed by atoms with Crippen LogP contribution in [0, 0.1) is 0 Å². The fraction of sp³-hybridized carbons (Fsp3) is 0.600. The largest absolute Gasteiger partial charge is 0.310 e. The van der Waals surface area contributed by atoms with E-state index in [1.807, 2.05) is 6.92 Å². The summed E-state index contributed by atoms with van der Waals surface area (Å²) in [4.78, 5) is 0. The van der Waals surface area contributed by atoms with Crippen LogP contribution in [-0.2, 0) is 17.2 Å². The Morgan fingerprint density at radius 1 is 1.22 bits per heavy atom. The maximum Gasteiger partial charge on any atom is 0.0329 e. The standard InChI is InChI=1S/C15H25NOS/c1-5-14-6-8-15(9-7-14)13(3)16-11-10-12(2)18(4)17/h6-9,12-13,16H,5,10-11H2,1-4H3. The molecule has 1 N–H and O–H groups in total. The van der Waals surface area contributed by atoms with E-state index < -0.39 is 10.8 Å². The first-order valence-electron chi connectivity index (χ1n) is 6.69. The van der Waals surface area contributed by atoms with E-state index in [4.69, 9.17) is 0 Å². The summed E-state index contributed by atoms with van der Waals surface area (Å²) in [6.45, 7) is 7.30. The maximum atomic E-state index is 11.2. The van der Waals surface area contributed by atoms with Gasteiger partial charge in [0.1, 0.15) is 0 Å². The Hall–Kier alpha value is -0.670. The zero-order valence-electron chi connectivity index (χ0n) is 11.9. The van der Waals surface area contributed by atoms with Crippen LogP contribution in [-0.4, -0.2) is 22.3 Å². The van der Waals surface area contributed by atoms with Crippen molar-refractivity contribution in [2.45, 2.75) is 44.9 Å². The lowest BCUT2D eigenvalue weighted by atomic mass is 10.0. The fourth-order valence-corrected chi connectivity index (χ4v) is 2.28. The van der Waals surface area contributed by atoms with E-state index in [0.29, 0.717) is 6.04 Å². The second-order valence-electron chi connectivity index (χ2n) is 4.87. The lowest BCUT2D eigenvalue weighted by Gasteiger charge is -2.16. The molecule has 18 heavy (non-hydrogen) atoms. The first kappa shape index (κ1) is 15.4. The van der Waals surface area contributed by atoms with E-state index in [0.717, 1.165) is 19.4 Å². The second kappa shape index (κ2) is 7.70. The summed E-state index contributed by atoms with van der Waals surface area (Å²) in [7, 11) is -0.714. The number of hydrogen-bond acceptors (Lipinski definition) is 2. The SMILES string of the molecule is CCc1ccc(C(C)NCCC(C)S(C)=O)cc1. The smallest absolute Gasteiger partial charge is 0.0329 e. The van der Waals surface area contributed by atoms with Crippen molar-refractivity contribution in [1.29, 1.82) is 0 Å². The van der Waals surface area contributed by atoms with Gasteiger partial charge in [0.2, 0.25) is 0 Å². The highest BCUT2D eigenvalue weighted by atomic mass is 32.2. The monoisotopic (exact) mass is 267 g/mol. The van der Waals surface area contributed by atoms with E-state index in [1.165, 1.54) is 11.1 Å². The van der Waals surface area contributed by atoms with Crippen molar-refractivity contribution in [3.63, 3.8) is 0 Å². The van der Waals surface area contributed by atoms with Crippen LogP contribution in [0.15, 0.2) is 24.3 Å². The summed E-state index contributed by atoms with van der Waals surface area (Å²) < 4.78 is 11.2. The quantitative estimate of drug-likeness (QED) is 0.822. The Labute approximate surface area is 114 Å². The summed E-state index contributed by atoms with van der Waals surface area (Å²) in [5, 5.41) is 3.76. The molecule has 3 atom stereocenters. The molecule has 102 valence electrons. The third kappa shape index (κ3) is 4.91. The van der Waals surface area contributed by atoms with Gasteiger partial charge in [0, 0.05) is 28.3 Å². The van der Waals surface area contributed by atoms with Gasteiger partial charge in [0.25, 0.3) is 0 Å². The lowest BCUT2D eigenvalue weighted by molar-refractivity contribution is 0.553. The summed E-state index contributed by atoms with van der Waals surface area (Å²) in [6, 6.07) is 9.12. The molecule has 0 aliphatic carbocycles. The van der Waals surface area contributed by atoms with E-state index in [2.05, 4.69) is 43.4 Å². The van der Waals surface area contributed by atoms with E-state index in [1.54, 1.807) is 6.26 Å². The molecule has 0 aliphatic rings. The number of benzene rings is 1. The number of nitrogens with one attached hydrogen (secondary N) is 1. The highest BCUT2D eigenvalue weighted by molar-refractivity contribution is 7.84. The average Bonchev–Trinajstić information content (AvgIpc) is 2.38. The molecule has 2 nitrogen and oxygen atoms in total. The number of aryl methyl sites for hydroxylation is 1. The molecule has 0 bridgehead atoms. The predicted molar refractivity (Wildman–Crippen MR) is 80.4 cm³/mol. The Morgan fingerprint density at radius 3 is 2.33 bits per heavy atom. The molecule has 0 aromatic heterocycles. The van der Waals surface area contributed by atoms with Gasteiger partial charge in [-0.3, -0.25) is 4.21 Å². The van der Waals surface area contributed by atoms with E-state index in [9.17, 15) is 4.21 Å². The number of rotatable bonds is 7. The third-order valence-electron chi connectivity index (χ3n) is 3.46. The third-order valence-corrected chi connectivity index (χ3v) is 4.82. The van der Waals surface area contributed by atoms with Gasteiger partial charge >= 0.3 is 0 Å². The van der Waals surface area contributed by atoms with Crippen molar-refractivity contribution in [2.24, 2.45) is 0 Å². The predicted octanol–water partition coefficient (Wildman–Crippen LogP) is 3.06. The molecular weight excluding hydrogens is 242 g/mol. The molecule has 1 aromatic carbocycles. The zero-order valence-corrected chi connectivity index (χ0v) is 12.7. The minimum absolute atomic E-state index is 0.271. The highest BCUT2D eigenvalue weighted by Gasteiger charge is 2.08. The van der Waals surface area contributed by atoms with Gasteiger partial charge in [-0.25, -0.2) is 0 Å².